The zero-order chi connectivity index (χ0) is 9.30. The molecule has 0 bridgehead atoms. The van der Waals surface area contributed by atoms with Crippen LogP contribution in [-0.2, 0) is 6.42 Å². The number of hydrogen-bond acceptors (Lipinski definition) is 5. The Morgan fingerprint density at radius 1 is 1.08 bits per heavy atom. The second-order valence-electron chi connectivity index (χ2n) is 2.57. The molecule has 68 valence electrons. The third kappa shape index (κ3) is 1.02. The Kier molecular flexibility index (Phi) is 2.01. The Bertz CT molecular complexity index is 263. The monoisotopic (exact) mass is 170 g/mol. The fraction of sp³-hybridized carbons (Fsp3) is 0.333. The van der Waals surface area contributed by atoms with E-state index in [9.17, 15) is 0 Å². The molecule has 0 saturated heterocycles. The van der Waals surface area contributed by atoms with Crippen LogP contribution in [-0.4, -0.2) is 11.2 Å². The Hall–Kier alpha value is -1.56. The van der Waals surface area contributed by atoms with E-state index in [-0.39, 0.29) is 5.82 Å². The van der Waals surface area contributed by atoms with Crippen molar-refractivity contribution >= 4 is 17.3 Å². The van der Waals surface area contributed by atoms with Crippen molar-refractivity contribution < 1.29 is 0 Å². The Labute approximate surface area is 70.3 Å². The molecule has 1 aromatic rings. The van der Waals surface area contributed by atoms with Crippen LogP contribution in [0, 0.1) is 0 Å². The molecule has 0 saturated carbocycles. The van der Waals surface area contributed by atoms with Gasteiger partial charge in [0.1, 0.15) is 11.6 Å². The molecule has 0 fully saturated rings. The maximum absolute atomic E-state index is 5.63. The summed E-state index contributed by atoms with van der Waals surface area (Å²) < 4.78 is 1.17. The highest BCUT2D eigenvalue weighted by molar-refractivity contribution is 5.74. The fourth-order valence-corrected chi connectivity index (χ4v) is 1.10. The molecule has 0 aliphatic heterocycles. The molecule has 0 aliphatic rings. The highest BCUT2D eigenvalue weighted by Gasteiger charge is 2.13. The van der Waals surface area contributed by atoms with E-state index in [4.69, 9.17) is 28.8 Å². The Balaban J connectivity index is 3.18. The largest absolute Gasteiger partial charge is 0.395 e. The van der Waals surface area contributed by atoms with Crippen LogP contribution in [0.15, 0.2) is 0 Å². The van der Waals surface area contributed by atoms with Crippen LogP contribution in [0.25, 0.3) is 0 Å². The van der Waals surface area contributed by atoms with Gasteiger partial charge in [-0.05, 0) is 13.0 Å². The Morgan fingerprint density at radius 2 is 1.67 bits per heavy atom. The zero-order valence-electron chi connectivity index (χ0n) is 6.75. The first kappa shape index (κ1) is 8.54. The maximum atomic E-state index is 5.63. The molecule has 1 heterocycles. The van der Waals surface area contributed by atoms with E-state index >= 15 is 0 Å². The van der Waals surface area contributed by atoms with Crippen molar-refractivity contribution in [2.24, 2.45) is 5.73 Å². The number of hydrogen-bond donors (Lipinski definition) is 5. The number of nitrogens with zero attached hydrogens (tertiary/aromatic N) is 1. The van der Waals surface area contributed by atoms with Crippen LogP contribution in [0.2, 0.25) is 0 Å². The van der Waals surface area contributed by atoms with Crippen LogP contribution in [0.4, 0.5) is 17.3 Å². The molecule has 0 spiro atoms. The van der Waals surface area contributed by atoms with Gasteiger partial charge in [-0.3, -0.25) is 0 Å². The third-order valence-corrected chi connectivity index (χ3v) is 1.82. The molecule has 0 aromatic carbocycles. The third-order valence-electron chi connectivity index (χ3n) is 1.82. The first-order chi connectivity index (χ1) is 5.59. The zero-order valence-corrected chi connectivity index (χ0v) is 6.75. The lowest BCUT2D eigenvalue weighted by Crippen LogP contribution is -2.15. The lowest BCUT2D eigenvalue weighted by Gasteiger charge is -1.99. The highest BCUT2D eigenvalue weighted by atomic mass is 15.3. The smallest absolute Gasteiger partial charge is 0.148 e. The quantitative estimate of drug-likeness (QED) is 0.342. The predicted octanol–water partition coefficient (Wildman–Crippen LogP) is -1.55. The molecule has 0 aliphatic carbocycles. The molecule has 12 heavy (non-hydrogen) atoms. The van der Waals surface area contributed by atoms with Gasteiger partial charge in [0.15, 0.2) is 0 Å². The summed E-state index contributed by atoms with van der Waals surface area (Å²) in [5.74, 6) is 6.15. The van der Waals surface area contributed by atoms with Gasteiger partial charge in [-0.2, -0.15) is 0 Å². The summed E-state index contributed by atoms with van der Waals surface area (Å²) >= 11 is 0. The first-order valence-corrected chi connectivity index (χ1v) is 3.58. The van der Waals surface area contributed by atoms with E-state index in [2.05, 4.69) is 0 Å². The summed E-state index contributed by atoms with van der Waals surface area (Å²) in [5, 5.41) is 0. The molecule has 6 heteroatoms. The van der Waals surface area contributed by atoms with Crippen LogP contribution < -0.4 is 28.8 Å². The molecule has 10 N–H and O–H groups in total. The topological polar surface area (TPSA) is 135 Å². The standard InChI is InChI=1S/C6H14N6/c7-2-1-3-4(8)6(10)12(11)5(3)9/h1-2,7-11H2. The summed E-state index contributed by atoms with van der Waals surface area (Å²) in [6.45, 7) is 0.470. The molecular formula is C6H14N6. The van der Waals surface area contributed by atoms with Gasteiger partial charge in [-0.1, -0.05) is 0 Å². The van der Waals surface area contributed by atoms with E-state index in [1.807, 2.05) is 0 Å². The first-order valence-electron chi connectivity index (χ1n) is 3.58. The van der Waals surface area contributed by atoms with Gasteiger partial charge < -0.3 is 28.8 Å². The normalized spacial score (nSPS) is 10.4. The van der Waals surface area contributed by atoms with Crippen LogP contribution in [0.5, 0.6) is 0 Å². The summed E-state index contributed by atoms with van der Waals surface area (Å²) in [7, 11) is 0. The van der Waals surface area contributed by atoms with Crippen LogP contribution in [0.1, 0.15) is 5.56 Å². The van der Waals surface area contributed by atoms with Gasteiger partial charge in [0.25, 0.3) is 0 Å². The van der Waals surface area contributed by atoms with Crippen LogP contribution in [0.3, 0.4) is 0 Å². The second kappa shape index (κ2) is 2.82. The van der Waals surface area contributed by atoms with Gasteiger partial charge >= 0.3 is 0 Å². The molecular weight excluding hydrogens is 156 g/mol. The summed E-state index contributed by atoms with van der Waals surface area (Å²) in [4.78, 5) is 0. The molecule has 0 atom stereocenters. The van der Waals surface area contributed by atoms with E-state index in [1.165, 1.54) is 4.68 Å². The number of rotatable bonds is 2. The van der Waals surface area contributed by atoms with Gasteiger partial charge in [0.05, 0.1) is 5.69 Å². The molecule has 0 unspecified atom stereocenters. The summed E-state index contributed by atoms with van der Waals surface area (Å²) in [6.07, 6.45) is 0.589. The van der Waals surface area contributed by atoms with Gasteiger partial charge in [0.2, 0.25) is 0 Å². The van der Waals surface area contributed by atoms with E-state index in [1.54, 1.807) is 0 Å². The van der Waals surface area contributed by atoms with Crippen molar-refractivity contribution in [3.63, 3.8) is 0 Å². The van der Waals surface area contributed by atoms with Crippen molar-refractivity contribution in [2.45, 2.75) is 6.42 Å². The SMILES string of the molecule is NCCc1c(N)c(N)n(N)c1N. The predicted molar refractivity (Wildman–Crippen MR) is 50.6 cm³/mol. The minimum absolute atomic E-state index is 0.288. The van der Waals surface area contributed by atoms with Crippen molar-refractivity contribution in [3.8, 4) is 0 Å². The van der Waals surface area contributed by atoms with Crippen molar-refractivity contribution in [2.75, 3.05) is 29.6 Å². The van der Waals surface area contributed by atoms with Gasteiger partial charge in [0, 0.05) is 5.56 Å². The van der Waals surface area contributed by atoms with Gasteiger partial charge in [-0.15, -0.1) is 0 Å². The maximum Gasteiger partial charge on any atom is 0.148 e. The highest BCUT2D eigenvalue weighted by Crippen LogP contribution is 2.27. The van der Waals surface area contributed by atoms with Crippen molar-refractivity contribution in [1.82, 2.24) is 4.68 Å². The lowest BCUT2D eigenvalue weighted by atomic mass is 10.2. The number of nitrogens with two attached hydrogens (primary N) is 5. The molecule has 1 aromatic heterocycles. The average Bonchev–Trinajstić information content (AvgIpc) is 2.23. The lowest BCUT2D eigenvalue weighted by molar-refractivity contribution is 0.962. The molecule has 0 radical (unpaired) electrons. The second-order valence-corrected chi connectivity index (χ2v) is 2.57. The fourth-order valence-electron chi connectivity index (χ4n) is 1.10. The number of nitrogen functional groups attached to an aromatic ring is 4. The van der Waals surface area contributed by atoms with E-state index < -0.39 is 0 Å². The molecule has 0 amide bonds. The molecule has 6 nitrogen and oxygen atoms in total. The van der Waals surface area contributed by atoms with E-state index in [0.29, 0.717) is 24.5 Å². The average molecular weight is 170 g/mol. The van der Waals surface area contributed by atoms with Crippen LogP contribution >= 0.6 is 0 Å². The minimum atomic E-state index is 0.288. The summed E-state index contributed by atoms with van der Waals surface area (Å²) in [6, 6.07) is 0. The van der Waals surface area contributed by atoms with Gasteiger partial charge in [-0.25, -0.2) is 4.68 Å². The summed E-state index contributed by atoms with van der Waals surface area (Å²) in [5.41, 5.74) is 23.3. The Morgan fingerprint density at radius 3 is 2.00 bits per heavy atom. The van der Waals surface area contributed by atoms with Crippen molar-refractivity contribution in [3.05, 3.63) is 5.56 Å². The minimum Gasteiger partial charge on any atom is -0.395 e. The van der Waals surface area contributed by atoms with Crippen molar-refractivity contribution in [1.29, 1.82) is 0 Å². The number of anilines is 3. The molecule has 1 rings (SSSR count). The van der Waals surface area contributed by atoms with E-state index in [0.717, 1.165) is 5.56 Å². The number of aromatic nitrogens is 1.